The van der Waals surface area contributed by atoms with Gasteiger partial charge in [0, 0.05) is 16.1 Å². The number of amides is 1. The molecule has 7 heteroatoms. The number of ether oxygens (including phenoxy) is 2. The molecule has 0 aliphatic rings. The van der Waals surface area contributed by atoms with Gasteiger partial charge in [-0.2, -0.15) is 5.10 Å². The highest BCUT2D eigenvalue weighted by Crippen LogP contribution is 2.27. The Balaban J connectivity index is 1.61. The van der Waals surface area contributed by atoms with Crippen molar-refractivity contribution < 1.29 is 19.1 Å². The van der Waals surface area contributed by atoms with E-state index in [1.807, 2.05) is 30.3 Å². The third kappa shape index (κ3) is 6.65. The van der Waals surface area contributed by atoms with Gasteiger partial charge < -0.3 is 9.47 Å². The Hall–Kier alpha value is -3.71. The van der Waals surface area contributed by atoms with Crippen LogP contribution in [0.4, 0.5) is 0 Å². The maximum atomic E-state index is 12.1. The van der Waals surface area contributed by atoms with Crippen molar-refractivity contribution in [2.24, 2.45) is 5.10 Å². The van der Waals surface area contributed by atoms with E-state index in [1.165, 1.54) is 19.4 Å². The quantitative estimate of drug-likeness (QED) is 0.173. The highest BCUT2D eigenvalue weighted by molar-refractivity contribution is 9.10. The number of halogens is 1. The Kier molecular flexibility index (Phi) is 7.73. The number of nitrogens with zero attached hydrogens (tertiary/aromatic N) is 1. The van der Waals surface area contributed by atoms with Crippen LogP contribution >= 0.6 is 15.9 Å². The van der Waals surface area contributed by atoms with Crippen LogP contribution in [0.15, 0.2) is 88.4 Å². The van der Waals surface area contributed by atoms with Crippen molar-refractivity contribution in [3.05, 3.63) is 100 Å². The van der Waals surface area contributed by atoms with Gasteiger partial charge >= 0.3 is 5.97 Å². The van der Waals surface area contributed by atoms with Crippen molar-refractivity contribution in [2.45, 2.75) is 0 Å². The average Bonchev–Trinajstić information content (AvgIpc) is 2.79. The first kappa shape index (κ1) is 22.0. The summed E-state index contributed by atoms with van der Waals surface area (Å²) in [6.07, 6.45) is 4.49. The fourth-order valence-corrected chi connectivity index (χ4v) is 2.82. The molecule has 1 amide bonds. The predicted octanol–water partition coefficient (Wildman–Crippen LogP) is 4.84. The van der Waals surface area contributed by atoms with E-state index in [0.717, 1.165) is 10.0 Å². The van der Waals surface area contributed by atoms with E-state index in [-0.39, 0.29) is 11.7 Å². The minimum absolute atomic E-state index is 0.279. The van der Waals surface area contributed by atoms with Crippen molar-refractivity contribution in [1.29, 1.82) is 0 Å². The van der Waals surface area contributed by atoms with Crippen LogP contribution in [0.3, 0.4) is 0 Å². The summed E-state index contributed by atoms with van der Waals surface area (Å²) in [5, 5.41) is 3.96. The molecule has 3 aromatic carbocycles. The minimum atomic E-state index is -0.523. The third-order valence-electron chi connectivity index (χ3n) is 4.10. The molecule has 0 bridgehead atoms. The molecule has 0 atom stereocenters. The van der Waals surface area contributed by atoms with Gasteiger partial charge in [0.25, 0.3) is 5.91 Å². The molecule has 0 saturated heterocycles. The molecule has 1 N–H and O–H groups in total. The summed E-state index contributed by atoms with van der Waals surface area (Å²) in [6.45, 7) is 0. The number of esters is 1. The highest BCUT2D eigenvalue weighted by Gasteiger charge is 2.09. The van der Waals surface area contributed by atoms with Crippen LogP contribution in [0.5, 0.6) is 11.5 Å². The first-order chi connectivity index (χ1) is 15.0. The molecule has 0 unspecified atom stereocenters. The van der Waals surface area contributed by atoms with E-state index in [0.29, 0.717) is 16.9 Å². The van der Waals surface area contributed by atoms with Gasteiger partial charge in [0.15, 0.2) is 11.5 Å². The lowest BCUT2D eigenvalue weighted by Crippen LogP contribution is -2.17. The second kappa shape index (κ2) is 10.9. The van der Waals surface area contributed by atoms with Gasteiger partial charge in [0.2, 0.25) is 0 Å². The van der Waals surface area contributed by atoms with Gasteiger partial charge in [-0.25, -0.2) is 10.2 Å². The lowest BCUT2D eigenvalue weighted by Gasteiger charge is -2.08. The number of carbonyl (C=O) groups is 2. The van der Waals surface area contributed by atoms with E-state index >= 15 is 0 Å². The van der Waals surface area contributed by atoms with Crippen molar-refractivity contribution in [3.8, 4) is 11.5 Å². The van der Waals surface area contributed by atoms with Crippen LogP contribution < -0.4 is 14.9 Å². The number of hydrogen-bond donors (Lipinski definition) is 1. The van der Waals surface area contributed by atoms with Crippen LogP contribution in [0.1, 0.15) is 21.5 Å². The zero-order chi connectivity index (χ0) is 22.1. The standard InChI is InChI=1S/C24H19BrN2O4/c1-30-22-15-18(16-26-27-24(29)19-9-11-20(25)12-10-19)7-13-21(22)31-23(28)14-8-17-5-3-2-4-6-17/h2-16H,1H3,(H,27,29)/b14-8+,26-16-. The molecule has 156 valence electrons. The highest BCUT2D eigenvalue weighted by atomic mass is 79.9. The first-order valence-corrected chi connectivity index (χ1v) is 10.1. The van der Waals surface area contributed by atoms with E-state index in [9.17, 15) is 9.59 Å². The monoisotopic (exact) mass is 478 g/mol. The van der Waals surface area contributed by atoms with Crippen LogP contribution in [0.2, 0.25) is 0 Å². The second-order valence-electron chi connectivity index (χ2n) is 6.28. The molecule has 3 rings (SSSR count). The Labute approximate surface area is 188 Å². The summed E-state index contributed by atoms with van der Waals surface area (Å²) in [4.78, 5) is 24.2. The number of nitrogens with one attached hydrogen (secondary N) is 1. The molecule has 0 spiro atoms. The van der Waals surface area contributed by atoms with Gasteiger partial charge in [-0.05, 0) is 59.7 Å². The second-order valence-corrected chi connectivity index (χ2v) is 7.20. The van der Waals surface area contributed by atoms with Gasteiger partial charge in [0.1, 0.15) is 0 Å². The number of hydrogen-bond acceptors (Lipinski definition) is 5. The average molecular weight is 479 g/mol. The Bertz CT molecular complexity index is 1110. The zero-order valence-electron chi connectivity index (χ0n) is 16.6. The molecular weight excluding hydrogens is 460 g/mol. The maximum absolute atomic E-state index is 12.1. The topological polar surface area (TPSA) is 77.0 Å². The maximum Gasteiger partial charge on any atom is 0.336 e. The number of benzene rings is 3. The van der Waals surface area contributed by atoms with Crippen molar-refractivity contribution >= 4 is 40.1 Å². The van der Waals surface area contributed by atoms with Crippen LogP contribution in [0.25, 0.3) is 6.08 Å². The molecule has 0 radical (unpaired) electrons. The molecule has 0 fully saturated rings. The van der Waals surface area contributed by atoms with E-state index < -0.39 is 5.97 Å². The van der Waals surface area contributed by atoms with Gasteiger partial charge in [-0.1, -0.05) is 46.3 Å². The summed E-state index contributed by atoms with van der Waals surface area (Å²) < 4.78 is 11.5. The Morgan fingerprint density at radius 2 is 1.68 bits per heavy atom. The molecule has 0 aliphatic heterocycles. The number of hydrazone groups is 1. The number of methoxy groups -OCH3 is 1. The van der Waals surface area contributed by atoms with Crippen LogP contribution in [0, 0.1) is 0 Å². The molecule has 3 aromatic rings. The van der Waals surface area contributed by atoms with E-state index in [4.69, 9.17) is 9.47 Å². The normalized spacial score (nSPS) is 10.9. The summed E-state index contributed by atoms with van der Waals surface area (Å²) in [5.41, 5.74) is 4.50. The van der Waals surface area contributed by atoms with Crippen molar-refractivity contribution in [1.82, 2.24) is 5.43 Å². The van der Waals surface area contributed by atoms with Crippen molar-refractivity contribution in [3.63, 3.8) is 0 Å². The molecule has 0 aliphatic carbocycles. The van der Waals surface area contributed by atoms with Crippen LogP contribution in [-0.2, 0) is 4.79 Å². The largest absolute Gasteiger partial charge is 0.493 e. The van der Waals surface area contributed by atoms with E-state index in [2.05, 4.69) is 26.5 Å². The number of carbonyl (C=O) groups excluding carboxylic acids is 2. The molecule has 31 heavy (non-hydrogen) atoms. The molecule has 0 heterocycles. The summed E-state index contributed by atoms with van der Waals surface area (Å²) in [6, 6.07) is 21.3. The fourth-order valence-electron chi connectivity index (χ4n) is 2.55. The Morgan fingerprint density at radius 1 is 0.935 bits per heavy atom. The summed E-state index contributed by atoms with van der Waals surface area (Å²) in [5.74, 6) is -0.206. The molecule has 6 nitrogen and oxygen atoms in total. The van der Waals surface area contributed by atoms with Crippen LogP contribution in [-0.4, -0.2) is 25.2 Å². The number of rotatable bonds is 7. The zero-order valence-corrected chi connectivity index (χ0v) is 18.2. The van der Waals surface area contributed by atoms with Gasteiger partial charge in [0.05, 0.1) is 13.3 Å². The third-order valence-corrected chi connectivity index (χ3v) is 4.62. The summed E-state index contributed by atoms with van der Waals surface area (Å²) >= 11 is 3.32. The smallest absolute Gasteiger partial charge is 0.336 e. The van der Waals surface area contributed by atoms with Gasteiger partial charge in [-0.3, -0.25) is 4.79 Å². The SMILES string of the molecule is COc1cc(/C=N\NC(=O)c2ccc(Br)cc2)ccc1OC(=O)/C=C/c1ccccc1. The Morgan fingerprint density at radius 3 is 2.39 bits per heavy atom. The minimum Gasteiger partial charge on any atom is -0.493 e. The molecular formula is C24H19BrN2O4. The van der Waals surface area contributed by atoms with E-state index in [1.54, 1.807) is 48.5 Å². The van der Waals surface area contributed by atoms with Crippen molar-refractivity contribution in [2.75, 3.05) is 7.11 Å². The van der Waals surface area contributed by atoms with Gasteiger partial charge in [-0.15, -0.1) is 0 Å². The molecule has 0 aromatic heterocycles. The fraction of sp³-hybridized carbons (Fsp3) is 0.0417. The lowest BCUT2D eigenvalue weighted by atomic mass is 10.2. The summed E-state index contributed by atoms with van der Waals surface area (Å²) in [7, 11) is 1.47. The lowest BCUT2D eigenvalue weighted by molar-refractivity contribution is -0.129. The first-order valence-electron chi connectivity index (χ1n) is 9.27. The predicted molar refractivity (Wildman–Crippen MR) is 123 cm³/mol. The molecule has 0 saturated carbocycles.